The number of hydrogen-bond donors (Lipinski definition) is 1. The molecule has 1 fully saturated rings. The Morgan fingerprint density at radius 3 is 1.75 bits per heavy atom. The quantitative estimate of drug-likeness (QED) is 0.477. The first-order valence-electron chi connectivity index (χ1n) is 9.91. The van der Waals surface area contributed by atoms with Gasteiger partial charge in [-0.05, 0) is 23.6 Å². The summed E-state index contributed by atoms with van der Waals surface area (Å²) >= 11 is 0. The highest BCUT2D eigenvalue weighted by molar-refractivity contribution is 5.37. The summed E-state index contributed by atoms with van der Waals surface area (Å²) in [5.41, 5.74) is 3.87. The van der Waals surface area contributed by atoms with Crippen LogP contribution in [0.2, 0.25) is 0 Å². The molecule has 0 spiro atoms. The average molecular weight is 367 g/mol. The van der Waals surface area contributed by atoms with Gasteiger partial charge in [-0.2, -0.15) is 0 Å². The van der Waals surface area contributed by atoms with Gasteiger partial charge in [0.05, 0.1) is 18.1 Å². The lowest BCUT2D eigenvalue weighted by atomic mass is 9.98. The van der Waals surface area contributed by atoms with Crippen molar-refractivity contribution in [3.63, 3.8) is 0 Å². The summed E-state index contributed by atoms with van der Waals surface area (Å²) in [6.07, 6.45) is 5.91. The summed E-state index contributed by atoms with van der Waals surface area (Å²) in [5.74, 6) is 3.01. The van der Waals surface area contributed by atoms with Crippen LogP contribution < -0.4 is 5.32 Å². The first-order chi connectivity index (χ1) is 13.8. The summed E-state index contributed by atoms with van der Waals surface area (Å²) in [6.45, 7) is 3.08. The van der Waals surface area contributed by atoms with Crippen LogP contribution in [0.3, 0.4) is 0 Å². The zero-order chi connectivity index (χ0) is 19.3. The van der Waals surface area contributed by atoms with Crippen LogP contribution in [0.25, 0.3) is 0 Å². The number of rotatable bonds is 7. The minimum Gasteiger partial charge on any atom is -0.309 e. The zero-order valence-electron chi connectivity index (χ0n) is 16.2. The topological polar surface area (TPSA) is 15.0 Å². The predicted molar refractivity (Wildman–Crippen MR) is 116 cm³/mol. The van der Waals surface area contributed by atoms with E-state index in [9.17, 15) is 0 Å². The van der Waals surface area contributed by atoms with Crippen molar-refractivity contribution in [1.82, 2.24) is 10.2 Å². The van der Waals surface area contributed by atoms with Crippen LogP contribution in [0.4, 0.5) is 0 Å². The van der Waals surface area contributed by atoms with Crippen molar-refractivity contribution in [1.29, 1.82) is 0 Å². The molecule has 0 saturated carbocycles. The largest absolute Gasteiger partial charge is 0.309 e. The van der Waals surface area contributed by atoms with Crippen LogP contribution >= 0.6 is 0 Å². The lowest BCUT2D eigenvalue weighted by Crippen LogP contribution is -2.26. The van der Waals surface area contributed by atoms with Gasteiger partial charge in [-0.1, -0.05) is 96.9 Å². The van der Waals surface area contributed by atoms with Crippen LogP contribution in [0.15, 0.2) is 91.0 Å². The molecule has 1 N–H and O–H groups in total. The fourth-order valence-corrected chi connectivity index (χ4v) is 4.03. The summed E-state index contributed by atoms with van der Waals surface area (Å²) < 4.78 is 0. The van der Waals surface area contributed by atoms with Gasteiger partial charge in [0, 0.05) is 12.6 Å². The van der Waals surface area contributed by atoms with Crippen LogP contribution in [0, 0.1) is 12.3 Å². The molecule has 28 heavy (non-hydrogen) atoms. The fourth-order valence-electron chi connectivity index (χ4n) is 4.03. The monoisotopic (exact) mass is 366 g/mol. The lowest BCUT2D eigenvalue weighted by molar-refractivity contribution is 0.405. The second-order valence-electron chi connectivity index (χ2n) is 7.39. The summed E-state index contributed by atoms with van der Waals surface area (Å²) in [6, 6.07) is 32.8. The highest BCUT2D eigenvalue weighted by atomic mass is 15.4. The molecule has 0 aliphatic carbocycles. The first kappa shape index (κ1) is 18.5. The van der Waals surface area contributed by atoms with Gasteiger partial charge in [-0.15, -0.1) is 6.42 Å². The predicted octanol–water partition coefficient (Wildman–Crippen LogP) is 4.81. The maximum Gasteiger partial charge on any atom is 0.0894 e. The molecule has 1 heterocycles. The van der Waals surface area contributed by atoms with E-state index in [-0.39, 0.29) is 12.1 Å². The Balaban J connectivity index is 1.53. The van der Waals surface area contributed by atoms with Gasteiger partial charge >= 0.3 is 0 Å². The third-order valence-corrected chi connectivity index (χ3v) is 5.61. The van der Waals surface area contributed by atoms with Crippen molar-refractivity contribution in [3.05, 3.63) is 108 Å². The van der Waals surface area contributed by atoms with Crippen molar-refractivity contribution < 1.29 is 0 Å². The van der Waals surface area contributed by atoms with Gasteiger partial charge in [0.1, 0.15) is 0 Å². The van der Waals surface area contributed by atoms with Gasteiger partial charge in [-0.25, -0.2) is 0 Å². The Morgan fingerprint density at radius 2 is 1.29 bits per heavy atom. The highest BCUT2D eigenvalue weighted by Gasteiger charge is 2.50. The minimum atomic E-state index is 0.154. The normalized spacial score (nSPS) is 21.8. The first-order valence-corrected chi connectivity index (χ1v) is 9.91. The third-order valence-electron chi connectivity index (χ3n) is 5.61. The number of benzene rings is 3. The summed E-state index contributed by atoms with van der Waals surface area (Å²) in [4.78, 5) is 2.45. The maximum atomic E-state index is 5.91. The van der Waals surface area contributed by atoms with Gasteiger partial charge < -0.3 is 5.32 Å². The molecule has 0 bridgehead atoms. The molecule has 1 saturated heterocycles. The average Bonchev–Trinajstić information content (AvgIpc) is 3.46. The minimum absolute atomic E-state index is 0.154. The van der Waals surface area contributed by atoms with Crippen LogP contribution in [-0.2, 0) is 0 Å². The molecule has 0 radical (unpaired) electrons. The molecule has 1 unspecified atom stereocenters. The molecular formula is C26H26N2. The molecule has 4 atom stereocenters. The standard InChI is InChI=1S/C26H26N2/c1-3-24-25(19-27-20(2)21-13-7-4-8-14-21)28(24)26(22-15-9-5-10-16-22)23-17-11-6-12-18-23/h1,4-18,20,24-27H,19H2,2H3/t20-,24-,25+,28?/m0/s1. The molecule has 4 rings (SSSR count). The molecule has 2 heteroatoms. The number of hydrogen-bond acceptors (Lipinski definition) is 2. The van der Waals surface area contributed by atoms with E-state index in [2.05, 4.69) is 114 Å². The molecule has 0 amide bonds. The van der Waals surface area contributed by atoms with Crippen molar-refractivity contribution in [2.45, 2.75) is 31.1 Å². The molecule has 140 valence electrons. The Kier molecular flexibility index (Phi) is 5.58. The Hall–Kier alpha value is -2.86. The molecule has 3 aromatic carbocycles. The van der Waals surface area contributed by atoms with Gasteiger partial charge in [0.25, 0.3) is 0 Å². The summed E-state index contributed by atoms with van der Waals surface area (Å²) in [7, 11) is 0. The lowest BCUT2D eigenvalue weighted by Gasteiger charge is -2.21. The van der Waals surface area contributed by atoms with E-state index in [1.165, 1.54) is 16.7 Å². The fraction of sp³-hybridized carbons (Fsp3) is 0.231. The Morgan fingerprint density at radius 1 is 0.821 bits per heavy atom. The Labute approximate surface area is 168 Å². The van der Waals surface area contributed by atoms with E-state index < -0.39 is 0 Å². The van der Waals surface area contributed by atoms with E-state index in [1.54, 1.807) is 0 Å². The van der Waals surface area contributed by atoms with E-state index in [0.29, 0.717) is 12.1 Å². The van der Waals surface area contributed by atoms with Gasteiger partial charge in [0.15, 0.2) is 0 Å². The van der Waals surface area contributed by atoms with Crippen LogP contribution in [0.5, 0.6) is 0 Å². The SMILES string of the molecule is C#C[C@H]1[C@@H](CN[C@@H](C)c2ccccc2)N1C(c1ccccc1)c1ccccc1. The van der Waals surface area contributed by atoms with Crippen LogP contribution in [-0.4, -0.2) is 23.5 Å². The maximum absolute atomic E-state index is 5.91. The second kappa shape index (κ2) is 8.44. The highest BCUT2D eigenvalue weighted by Crippen LogP contribution is 2.42. The van der Waals surface area contributed by atoms with Crippen molar-refractivity contribution in [2.24, 2.45) is 0 Å². The van der Waals surface area contributed by atoms with E-state index >= 15 is 0 Å². The van der Waals surface area contributed by atoms with Gasteiger partial charge in [-0.3, -0.25) is 4.90 Å². The third kappa shape index (κ3) is 3.87. The van der Waals surface area contributed by atoms with E-state index in [4.69, 9.17) is 6.42 Å². The van der Waals surface area contributed by atoms with Gasteiger partial charge in [0.2, 0.25) is 0 Å². The van der Waals surface area contributed by atoms with Crippen molar-refractivity contribution in [2.75, 3.05) is 6.54 Å². The molecule has 0 aromatic heterocycles. The summed E-state index contributed by atoms with van der Waals surface area (Å²) in [5, 5.41) is 3.68. The van der Waals surface area contributed by atoms with Crippen LogP contribution in [0.1, 0.15) is 35.7 Å². The van der Waals surface area contributed by atoms with Crippen molar-refractivity contribution >= 4 is 0 Å². The number of nitrogens with one attached hydrogen (secondary N) is 1. The number of nitrogens with zero attached hydrogens (tertiary/aromatic N) is 1. The molecule has 1 aliphatic heterocycles. The molecule has 1 aliphatic rings. The zero-order valence-corrected chi connectivity index (χ0v) is 16.2. The smallest absolute Gasteiger partial charge is 0.0894 e. The second-order valence-corrected chi connectivity index (χ2v) is 7.39. The molecule has 3 aromatic rings. The Bertz CT molecular complexity index is 875. The number of terminal acetylenes is 1. The van der Waals surface area contributed by atoms with E-state index in [0.717, 1.165) is 6.54 Å². The molecular weight excluding hydrogens is 340 g/mol. The van der Waals surface area contributed by atoms with Crippen molar-refractivity contribution in [3.8, 4) is 12.3 Å². The van der Waals surface area contributed by atoms with E-state index in [1.807, 2.05) is 0 Å². The molecule has 2 nitrogen and oxygen atoms in total.